The summed E-state index contributed by atoms with van der Waals surface area (Å²) >= 11 is 0. The van der Waals surface area contributed by atoms with Gasteiger partial charge < -0.3 is 5.73 Å². The smallest absolute Gasteiger partial charge is 0.163 e. The summed E-state index contributed by atoms with van der Waals surface area (Å²) in [6.45, 7) is 0. The van der Waals surface area contributed by atoms with Crippen molar-refractivity contribution in [1.82, 2.24) is 0 Å². The molecule has 0 aliphatic heterocycles. The molecule has 2 N–H and O–H groups in total. The minimum Gasteiger partial charge on any atom is -0.324 e. The first-order valence-corrected chi connectivity index (χ1v) is 3.92. The van der Waals surface area contributed by atoms with Gasteiger partial charge in [-0.05, 0) is 24.5 Å². The van der Waals surface area contributed by atoms with E-state index in [1.807, 2.05) is 0 Å². The number of halogens is 3. The fourth-order valence-electron chi connectivity index (χ4n) is 1.68. The van der Waals surface area contributed by atoms with Crippen molar-refractivity contribution in [2.45, 2.75) is 18.9 Å². The van der Waals surface area contributed by atoms with E-state index in [2.05, 4.69) is 0 Å². The van der Waals surface area contributed by atoms with Crippen LogP contribution in [0.15, 0.2) is 12.1 Å². The zero-order valence-corrected chi connectivity index (χ0v) is 7.70. The SMILES string of the molecule is Cl.NC1CCc2ccc(F)c(F)c21. The molecular weight excluding hydrogens is 196 g/mol. The van der Waals surface area contributed by atoms with E-state index in [1.165, 1.54) is 0 Å². The third kappa shape index (κ3) is 1.54. The lowest BCUT2D eigenvalue weighted by atomic mass is 10.1. The second-order valence-corrected chi connectivity index (χ2v) is 3.08. The van der Waals surface area contributed by atoms with Crippen molar-refractivity contribution in [3.8, 4) is 0 Å². The molecule has 1 unspecified atom stereocenters. The summed E-state index contributed by atoms with van der Waals surface area (Å²) in [6, 6.07) is 2.45. The molecule has 0 spiro atoms. The Morgan fingerprint density at radius 2 is 2.00 bits per heavy atom. The van der Waals surface area contributed by atoms with E-state index in [0.29, 0.717) is 5.56 Å². The maximum atomic E-state index is 13.1. The molecule has 0 bridgehead atoms. The summed E-state index contributed by atoms with van der Waals surface area (Å²) in [4.78, 5) is 0. The molecule has 1 aliphatic rings. The van der Waals surface area contributed by atoms with Gasteiger partial charge in [-0.15, -0.1) is 12.4 Å². The zero-order valence-electron chi connectivity index (χ0n) is 6.89. The van der Waals surface area contributed by atoms with Gasteiger partial charge in [-0.25, -0.2) is 8.78 Å². The van der Waals surface area contributed by atoms with Crippen LogP contribution in [0.25, 0.3) is 0 Å². The van der Waals surface area contributed by atoms with Crippen molar-refractivity contribution in [3.63, 3.8) is 0 Å². The minimum atomic E-state index is -0.800. The summed E-state index contributed by atoms with van der Waals surface area (Å²) < 4.78 is 25.8. The second kappa shape index (κ2) is 3.60. The number of benzene rings is 1. The highest BCUT2D eigenvalue weighted by Gasteiger charge is 2.24. The van der Waals surface area contributed by atoms with Crippen LogP contribution in [-0.2, 0) is 6.42 Å². The van der Waals surface area contributed by atoms with Crippen LogP contribution in [0.2, 0.25) is 0 Å². The Hall–Kier alpha value is -0.670. The quantitative estimate of drug-likeness (QED) is 0.691. The van der Waals surface area contributed by atoms with Crippen molar-refractivity contribution in [2.24, 2.45) is 5.73 Å². The van der Waals surface area contributed by atoms with Crippen LogP contribution in [0.1, 0.15) is 23.6 Å². The number of nitrogens with two attached hydrogens (primary N) is 1. The first kappa shape index (κ1) is 10.4. The standard InChI is InChI=1S/C9H9F2N.ClH/c10-6-3-1-5-2-4-7(12)8(5)9(6)11;/h1,3,7H,2,4,12H2;1H. The fourth-order valence-corrected chi connectivity index (χ4v) is 1.68. The van der Waals surface area contributed by atoms with Crippen LogP contribution in [0.3, 0.4) is 0 Å². The third-order valence-corrected chi connectivity index (χ3v) is 2.32. The van der Waals surface area contributed by atoms with Gasteiger partial charge in [0.2, 0.25) is 0 Å². The van der Waals surface area contributed by atoms with Crippen molar-refractivity contribution < 1.29 is 8.78 Å². The predicted molar refractivity (Wildman–Crippen MR) is 48.9 cm³/mol. The molecular formula is C9H10ClF2N. The van der Waals surface area contributed by atoms with Gasteiger partial charge in [0.25, 0.3) is 0 Å². The van der Waals surface area contributed by atoms with Gasteiger partial charge >= 0.3 is 0 Å². The first-order valence-electron chi connectivity index (χ1n) is 3.92. The van der Waals surface area contributed by atoms with Gasteiger partial charge in [-0.1, -0.05) is 6.07 Å². The Kier molecular flexibility index (Phi) is 2.88. The number of hydrogen-bond acceptors (Lipinski definition) is 1. The van der Waals surface area contributed by atoms with E-state index in [-0.39, 0.29) is 18.4 Å². The molecule has 1 atom stereocenters. The highest BCUT2D eigenvalue weighted by molar-refractivity contribution is 5.85. The van der Waals surface area contributed by atoms with E-state index in [4.69, 9.17) is 5.73 Å². The minimum absolute atomic E-state index is 0. The van der Waals surface area contributed by atoms with Gasteiger partial charge in [0.15, 0.2) is 11.6 Å². The van der Waals surface area contributed by atoms with Crippen LogP contribution in [0.5, 0.6) is 0 Å². The van der Waals surface area contributed by atoms with Crippen molar-refractivity contribution in [2.75, 3.05) is 0 Å². The number of hydrogen-bond donors (Lipinski definition) is 1. The molecule has 1 aromatic carbocycles. The van der Waals surface area contributed by atoms with Crippen LogP contribution in [0, 0.1) is 11.6 Å². The van der Waals surface area contributed by atoms with Gasteiger partial charge in [-0.2, -0.15) is 0 Å². The highest BCUT2D eigenvalue weighted by Crippen LogP contribution is 2.32. The van der Waals surface area contributed by atoms with Crippen molar-refractivity contribution in [1.29, 1.82) is 0 Å². The number of aryl methyl sites for hydroxylation is 1. The Morgan fingerprint density at radius 1 is 1.31 bits per heavy atom. The van der Waals surface area contributed by atoms with E-state index in [1.54, 1.807) is 6.07 Å². The molecule has 1 aliphatic carbocycles. The van der Waals surface area contributed by atoms with Gasteiger partial charge in [0.05, 0.1) is 0 Å². The van der Waals surface area contributed by atoms with E-state index in [9.17, 15) is 8.78 Å². The van der Waals surface area contributed by atoms with Crippen LogP contribution >= 0.6 is 12.4 Å². The molecule has 0 aromatic heterocycles. The average molecular weight is 206 g/mol. The lowest BCUT2D eigenvalue weighted by molar-refractivity contribution is 0.492. The molecule has 1 nitrogen and oxygen atoms in total. The number of rotatable bonds is 0. The summed E-state index contributed by atoms with van der Waals surface area (Å²) in [7, 11) is 0. The van der Waals surface area contributed by atoms with Crippen LogP contribution < -0.4 is 5.73 Å². The zero-order chi connectivity index (χ0) is 8.72. The Labute approximate surface area is 81.3 Å². The monoisotopic (exact) mass is 205 g/mol. The van der Waals surface area contributed by atoms with Gasteiger partial charge in [0.1, 0.15) is 0 Å². The lowest BCUT2D eigenvalue weighted by Gasteiger charge is -2.05. The molecule has 13 heavy (non-hydrogen) atoms. The predicted octanol–water partition coefficient (Wildman–Crippen LogP) is 2.33. The summed E-state index contributed by atoms with van der Waals surface area (Å²) in [5.41, 5.74) is 6.83. The molecule has 0 heterocycles. The fraction of sp³-hybridized carbons (Fsp3) is 0.333. The van der Waals surface area contributed by atoms with Crippen LogP contribution in [-0.4, -0.2) is 0 Å². The van der Waals surface area contributed by atoms with Crippen molar-refractivity contribution >= 4 is 12.4 Å². The number of fused-ring (bicyclic) bond motifs is 1. The Bertz CT molecular complexity index is 328. The molecule has 1 aromatic rings. The van der Waals surface area contributed by atoms with Gasteiger partial charge in [-0.3, -0.25) is 0 Å². The van der Waals surface area contributed by atoms with Crippen LogP contribution in [0.4, 0.5) is 8.78 Å². The highest BCUT2D eigenvalue weighted by atomic mass is 35.5. The maximum absolute atomic E-state index is 13.1. The molecule has 0 fully saturated rings. The Balaban J connectivity index is 0.000000845. The molecule has 72 valence electrons. The molecule has 0 saturated heterocycles. The summed E-state index contributed by atoms with van der Waals surface area (Å²) in [5.74, 6) is -1.57. The molecule has 2 rings (SSSR count). The third-order valence-electron chi connectivity index (χ3n) is 2.32. The maximum Gasteiger partial charge on any atom is 0.163 e. The summed E-state index contributed by atoms with van der Waals surface area (Å²) in [6.07, 6.45) is 1.48. The normalized spacial score (nSPS) is 19.5. The topological polar surface area (TPSA) is 26.0 Å². The summed E-state index contributed by atoms with van der Waals surface area (Å²) in [5, 5.41) is 0. The van der Waals surface area contributed by atoms with E-state index < -0.39 is 11.6 Å². The van der Waals surface area contributed by atoms with E-state index in [0.717, 1.165) is 24.5 Å². The molecule has 0 saturated carbocycles. The second-order valence-electron chi connectivity index (χ2n) is 3.08. The van der Waals surface area contributed by atoms with Crippen molar-refractivity contribution in [3.05, 3.63) is 34.9 Å². The average Bonchev–Trinajstić information content (AvgIpc) is 2.41. The van der Waals surface area contributed by atoms with Gasteiger partial charge in [0, 0.05) is 11.6 Å². The molecule has 0 radical (unpaired) electrons. The lowest BCUT2D eigenvalue weighted by Crippen LogP contribution is -2.08. The first-order chi connectivity index (χ1) is 5.70. The largest absolute Gasteiger partial charge is 0.324 e. The Morgan fingerprint density at radius 3 is 2.69 bits per heavy atom. The van der Waals surface area contributed by atoms with E-state index >= 15 is 0 Å². The molecule has 4 heteroatoms. The molecule has 0 amide bonds.